The van der Waals surface area contributed by atoms with Gasteiger partial charge in [0.25, 0.3) is 0 Å². The predicted octanol–water partition coefficient (Wildman–Crippen LogP) is 1.36. The summed E-state index contributed by atoms with van der Waals surface area (Å²) in [5.41, 5.74) is 2.21. The normalized spacial score (nSPS) is 10.5. The van der Waals surface area contributed by atoms with Crippen molar-refractivity contribution < 1.29 is 10.0 Å². The van der Waals surface area contributed by atoms with Gasteiger partial charge in [-0.2, -0.15) is 0 Å². The van der Waals surface area contributed by atoms with Crippen LogP contribution in [0, 0.1) is 0 Å². The molecule has 0 aliphatic rings. The Kier molecular flexibility index (Phi) is 3.52. The molecule has 0 aliphatic heterocycles. The summed E-state index contributed by atoms with van der Waals surface area (Å²) in [5.74, 6) is 0.482. The lowest BCUT2D eigenvalue weighted by molar-refractivity contribution is 0.405. The zero-order chi connectivity index (χ0) is 9.84. The van der Waals surface area contributed by atoms with Crippen molar-refractivity contribution in [1.29, 1.82) is 0 Å². The second-order valence-corrected chi connectivity index (χ2v) is 3.58. The van der Waals surface area contributed by atoms with E-state index >= 15 is 0 Å². The summed E-state index contributed by atoms with van der Waals surface area (Å²) in [5, 5.41) is 17.6. The van der Waals surface area contributed by atoms with Crippen LogP contribution < -0.4 is 0 Å². The smallest absolute Gasteiger partial charge is 0.427 e. The van der Waals surface area contributed by atoms with Gasteiger partial charge in [0.05, 0.1) is 0 Å². The zero-order valence-corrected chi connectivity index (χ0v) is 8.07. The number of benzene rings is 1. The van der Waals surface area contributed by atoms with Gasteiger partial charge in [-0.15, -0.1) is 0 Å². The van der Waals surface area contributed by atoms with Gasteiger partial charge < -0.3 is 10.0 Å². The Morgan fingerprint density at radius 3 is 2.54 bits per heavy atom. The molecule has 0 atom stereocenters. The molecule has 0 saturated heterocycles. The average Bonchev–Trinajstić information content (AvgIpc) is 2.03. The van der Waals surface area contributed by atoms with Gasteiger partial charge >= 0.3 is 7.12 Å². The Morgan fingerprint density at radius 1 is 1.31 bits per heavy atom. The third-order valence-electron chi connectivity index (χ3n) is 2.04. The Morgan fingerprint density at radius 2 is 2.00 bits per heavy atom. The molecule has 0 fully saturated rings. The van der Waals surface area contributed by atoms with Gasteiger partial charge in [-0.25, -0.2) is 0 Å². The van der Waals surface area contributed by atoms with Crippen molar-refractivity contribution in [2.75, 3.05) is 0 Å². The van der Waals surface area contributed by atoms with Crippen LogP contribution in [0.3, 0.4) is 0 Å². The van der Waals surface area contributed by atoms with Crippen molar-refractivity contribution in [3.63, 3.8) is 0 Å². The fraction of sp³-hybridized carbons (Fsp3) is 0.400. The first-order valence-electron chi connectivity index (χ1n) is 4.54. The zero-order valence-electron chi connectivity index (χ0n) is 8.07. The average molecular weight is 178 g/mol. The van der Waals surface area contributed by atoms with Gasteiger partial charge in [0.1, 0.15) is 0 Å². The second-order valence-electron chi connectivity index (χ2n) is 3.58. The summed E-state index contributed by atoms with van der Waals surface area (Å²) in [6.45, 7) is 4.24. The van der Waals surface area contributed by atoms with Crippen molar-refractivity contribution >= 4 is 7.12 Å². The van der Waals surface area contributed by atoms with Crippen molar-refractivity contribution in [2.45, 2.75) is 26.1 Å². The lowest BCUT2D eigenvalue weighted by Crippen LogP contribution is -2.15. The van der Waals surface area contributed by atoms with Crippen molar-refractivity contribution in [2.24, 2.45) is 0 Å². The highest BCUT2D eigenvalue weighted by Gasteiger charge is 2.08. The Balaban J connectivity index is 2.79. The molecule has 13 heavy (non-hydrogen) atoms. The monoisotopic (exact) mass is 178 g/mol. The minimum atomic E-state index is -1.25. The number of hydrogen-bond donors (Lipinski definition) is 2. The third kappa shape index (κ3) is 3.21. The minimum absolute atomic E-state index is 0.306. The maximum Gasteiger partial charge on any atom is 0.456 e. The molecule has 0 saturated carbocycles. The Bertz CT molecular complexity index is 271. The predicted molar refractivity (Wildman–Crippen MR) is 54.4 cm³/mol. The molecule has 0 aromatic heterocycles. The van der Waals surface area contributed by atoms with Gasteiger partial charge in [-0.3, -0.25) is 0 Å². The molecule has 0 unspecified atom stereocenters. The molecular formula is C10H15BO2. The van der Waals surface area contributed by atoms with E-state index < -0.39 is 7.12 Å². The van der Waals surface area contributed by atoms with Crippen LogP contribution in [0.15, 0.2) is 24.3 Å². The first-order valence-corrected chi connectivity index (χ1v) is 4.54. The molecule has 0 heterocycles. The lowest BCUT2D eigenvalue weighted by Gasteiger charge is -2.07. The van der Waals surface area contributed by atoms with Gasteiger partial charge in [0.15, 0.2) is 0 Å². The molecule has 0 spiro atoms. The second kappa shape index (κ2) is 4.44. The molecule has 2 N–H and O–H groups in total. The highest BCUT2D eigenvalue weighted by molar-refractivity contribution is 6.40. The van der Waals surface area contributed by atoms with Crippen molar-refractivity contribution in [3.05, 3.63) is 35.4 Å². The van der Waals surface area contributed by atoms with E-state index in [2.05, 4.69) is 19.9 Å². The largest absolute Gasteiger partial charge is 0.456 e. The van der Waals surface area contributed by atoms with E-state index in [4.69, 9.17) is 10.0 Å². The van der Waals surface area contributed by atoms with Crippen LogP contribution in [0.1, 0.15) is 30.9 Å². The van der Waals surface area contributed by atoms with Gasteiger partial charge in [0, 0.05) is 6.32 Å². The van der Waals surface area contributed by atoms with Gasteiger partial charge in [-0.1, -0.05) is 38.1 Å². The highest BCUT2D eigenvalue weighted by atomic mass is 16.4. The quantitative estimate of drug-likeness (QED) is 0.686. The summed E-state index contributed by atoms with van der Waals surface area (Å²) < 4.78 is 0. The lowest BCUT2D eigenvalue weighted by atomic mass is 9.81. The Labute approximate surface area is 79.4 Å². The van der Waals surface area contributed by atoms with Crippen LogP contribution in [0.25, 0.3) is 0 Å². The van der Waals surface area contributed by atoms with E-state index in [0.717, 1.165) is 5.56 Å². The number of hydrogen-bond acceptors (Lipinski definition) is 2. The molecule has 1 aromatic carbocycles. The SMILES string of the molecule is CC(C)c1cccc(CB(O)O)c1. The van der Waals surface area contributed by atoms with Gasteiger partial charge in [0.2, 0.25) is 0 Å². The maximum atomic E-state index is 8.79. The van der Waals surface area contributed by atoms with Crippen molar-refractivity contribution in [3.8, 4) is 0 Å². The van der Waals surface area contributed by atoms with E-state index in [1.807, 2.05) is 18.2 Å². The molecule has 0 bridgehead atoms. The molecule has 0 aliphatic carbocycles. The summed E-state index contributed by atoms with van der Waals surface area (Å²) >= 11 is 0. The summed E-state index contributed by atoms with van der Waals surface area (Å²) in [6, 6.07) is 7.93. The Hall–Kier alpha value is -0.795. The van der Waals surface area contributed by atoms with E-state index in [-0.39, 0.29) is 0 Å². The third-order valence-corrected chi connectivity index (χ3v) is 2.04. The van der Waals surface area contributed by atoms with E-state index in [0.29, 0.717) is 12.2 Å². The summed E-state index contributed by atoms with van der Waals surface area (Å²) in [4.78, 5) is 0. The van der Waals surface area contributed by atoms with Crippen LogP contribution in [0.4, 0.5) is 0 Å². The molecule has 1 aromatic rings. The summed E-state index contributed by atoms with van der Waals surface area (Å²) in [7, 11) is -1.25. The fourth-order valence-electron chi connectivity index (χ4n) is 1.29. The minimum Gasteiger partial charge on any atom is -0.427 e. The molecule has 0 amide bonds. The molecule has 0 radical (unpaired) electrons. The first-order chi connectivity index (χ1) is 6.09. The van der Waals surface area contributed by atoms with Crippen LogP contribution in [0.5, 0.6) is 0 Å². The molecule has 2 nitrogen and oxygen atoms in total. The van der Waals surface area contributed by atoms with E-state index in [9.17, 15) is 0 Å². The van der Waals surface area contributed by atoms with E-state index in [1.165, 1.54) is 5.56 Å². The van der Waals surface area contributed by atoms with Crippen LogP contribution >= 0.6 is 0 Å². The fourth-order valence-corrected chi connectivity index (χ4v) is 1.29. The topological polar surface area (TPSA) is 40.5 Å². The molecular weight excluding hydrogens is 163 g/mol. The van der Waals surface area contributed by atoms with Crippen LogP contribution in [0.2, 0.25) is 0 Å². The standard InChI is InChI=1S/C10H15BO2/c1-8(2)10-5-3-4-9(6-10)7-11(12)13/h3-6,8,12-13H,7H2,1-2H3. The van der Waals surface area contributed by atoms with Crippen LogP contribution in [-0.4, -0.2) is 17.2 Å². The van der Waals surface area contributed by atoms with Crippen molar-refractivity contribution in [1.82, 2.24) is 0 Å². The molecule has 1 rings (SSSR count). The van der Waals surface area contributed by atoms with E-state index in [1.54, 1.807) is 0 Å². The summed E-state index contributed by atoms with van der Waals surface area (Å²) in [6.07, 6.45) is 0.306. The van der Waals surface area contributed by atoms with Gasteiger partial charge in [-0.05, 0) is 17.0 Å². The number of rotatable bonds is 3. The first kappa shape index (κ1) is 10.3. The van der Waals surface area contributed by atoms with Crippen LogP contribution in [-0.2, 0) is 6.32 Å². The maximum absolute atomic E-state index is 8.79. The highest BCUT2D eigenvalue weighted by Crippen LogP contribution is 2.15. The molecule has 3 heteroatoms. The molecule has 70 valence electrons.